The van der Waals surface area contributed by atoms with Crippen LogP contribution in [0.15, 0.2) is 64.5 Å². The first-order valence-corrected chi connectivity index (χ1v) is 12.4. The van der Waals surface area contributed by atoms with Crippen molar-refractivity contribution in [1.82, 2.24) is 4.98 Å². The summed E-state index contributed by atoms with van der Waals surface area (Å²) in [5.74, 6) is 1.11. The number of anilines is 3. The molecule has 0 amide bonds. The molecule has 2 aliphatic heterocycles. The third kappa shape index (κ3) is 2.07. The summed E-state index contributed by atoms with van der Waals surface area (Å²) >= 11 is -2.89. The maximum atomic E-state index is 13.3. The summed E-state index contributed by atoms with van der Waals surface area (Å²) in [7, 11) is 0. The SMILES string of the molecule is CC(C)c1ccc2c(c1)N1c3ncccc3Sc3cccc(c31)[Se]2(=O)=O. The van der Waals surface area contributed by atoms with E-state index in [2.05, 4.69) is 18.8 Å². The van der Waals surface area contributed by atoms with Gasteiger partial charge in [-0.2, -0.15) is 0 Å². The monoisotopic (exact) mass is 428 g/mol. The minimum absolute atomic E-state index is 0.316. The van der Waals surface area contributed by atoms with Crippen molar-refractivity contribution in [2.24, 2.45) is 0 Å². The minimum atomic E-state index is -4.46. The third-order valence-electron chi connectivity index (χ3n) is 4.84. The van der Waals surface area contributed by atoms with Crippen LogP contribution >= 0.6 is 11.8 Å². The molecular formula is C20H16N2O2SSe. The van der Waals surface area contributed by atoms with Gasteiger partial charge in [0, 0.05) is 0 Å². The first-order chi connectivity index (χ1) is 12.5. The van der Waals surface area contributed by atoms with Gasteiger partial charge >= 0.3 is 158 Å². The van der Waals surface area contributed by atoms with E-state index in [0.29, 0.717) is 14.8 Å². The number of benzene rings is 2. The normalized spacial score (nSPS) is 16.0. The number of pyridine rings is 1. The van der Waals surface area contributed by atoms with Crippen molar-refractivity contribution in [1.29, 1.82) is 0 Å². The summed E-state index contributed by atoms with van der Waals surface area (Å²) in [4.78, 5) is 8.60. The zero-order chi connectivity index (χ0) is 18.1. The maximum absolute atomic E-state index is 13.3. The van der Waals surface area contributed by atoms with Crippen LogP contribution in [-0.4, -0.2) is 17.7 Å². The van der Waals surface area contributed by atoms with Crippen molar-refractivity contribution >= 4 is 50.6 Å². The number of nitrogens with zero attached hydrogens (tertiary/aromatic N) is 2. The zero-order valence-corrected chi connectivity index (χ0v) is 16.8. The Labute approximate surface area is 157 Å². The van der Waals surface area contributed by atoms with Crippen molar-refractivity contribution in [3.8, 4) is 0 Å². The molecular weight excluding hydrogens is 411 g/mol. The first-order valence-electron chi connectivity index (χ1n) is 8.43. The molecule has 3 heterocycles. The van der Waals surface area contributed by atoms with Gasteiger partial charge in [0.05, 0.1) is 0 Å². The second kappa shape index (κ2) is 5.43. The molecule has 5 rings (SSSR count). The molecule has 1 aromatic heterocycles. The Morgan fingerprint density at radius 1 is 1.00 bits per heavy atom. The molecule has 130 valence electrons. The van der Waals surface area contributed by atoms with Crippen molar-refractivity contribution in [3.05, 3.63) is 60.3 Å². The summed E-state index contributed by atoms with van der Waals surface area (Å²) in [5.41, 5.74) is 2.59. The Morgan fingerprint density at radius 3 is 2.62 bits per heavy atom. The van der Waals surface area contributed by atoms with E-state index in [4.69, 9.17) is 0 Å². The van der Waals surface area contributed by atoms with Crippen LogP contribution in [0, 0.1) is 0 Å². The molecule has 4 nitrogen and oxygen atoms in total. The molecule has 0 unspecified atom stereocenters. The van der Waals surface area contributed by atoms with Crippen molar-refractivity contribution in [2.45, 2.75) is 29.6 Å². The topological polar surface area (TPSA) is 50.3 Å². The van der Waals surface area contributed by atoms with Crippen LogP contribution in [0.4, 0.5) is 17.2 Å². The average molecular weight is 427 g/mol. The molecule has 3 aromatic rings. The molecule has 0 saturated carbocycles. The summed E-state index contributed by atoms with van der Waals surface area (Å²) < 4.78 is 27.5. The number of hydrogen-bond acceptors (Lipinski definition) is 5. The van der Waals surface area contributed by atoms with Crippen LogP contribution in [0.25, 0.3) is 0 Å². The van der Waals surface area contributed by atoms with Gasteiger partial charge in [-0.25, -0.2) is 0 Å². The standard InChI is InChI=1S/C20H16N2O2SSe/c1-12(2)13-8-9-17-14(11-13)22-19-15(5-3-7-18(19)26(17,23)24)25-16-6-4-10-21-20(16)22/h3-12H,1-2H3. The van der Waals surface area contributed by atoms with Gasteiger partial charge in [0.2, 0.25) is 0 Å². The van der Waals surface area contributed by atoms with E-state index in [1.165, 1.54) is 0 Å². The van der Waals surface area contributed by atoms with E-state index >= 15 is 0 Å². The number of para-hydroxylation sites is 1. The molecule has 0 N–H and O–H groups in total. The molecule has 0 saturated heterocycles. The predicted octanol–water partition coefficient (Wildman–Crippen LogP) is 3.87. The molecule has 26 heavy (non-hydrogen) atoms. The number of rotatable bonds is 1. The zero-order valence-electron chi connectivity index (χ0n) is 14.3. The van der Waals surface area contributed by atoms with Gasteiger partial charge in [0.25, 0.3) is 0 Å². The Morgan fingerprint density at radius 2 is 1.81 bits per heavy atom. The third-order valence-corrected chi connectivity index (χ3v) is 9.77. The average Bonchev–Trinajstić information content (AvgIpc) is 2.64. The molecule has 0 bridgehead atoms. The fourth-order valence-electron chi connectivity index (χ4n) is 3.52. The van der Waals surface area contributed by atoms with Gasteiger partial charge in [-0.3, -0.25) is 0 Å². The van der Waals surface area contributed by atoms with Crippen molar-refractivity contribution < 1.29 is 7.67 Å². The number of aromatic nitrogens is 1. The van der Waals surface area contributed by atoms with E-state index in [1.807, 2.05) is 41.3 Å². The van der Waals surface area contributed by atoms with E-state index in [1.54, 1.807) is 30.1 Å². The Bertz CT molecular complexity index is 1170. The molecule has 6 heteroatoms. The Balaban J connectivity index is 1.91. The summed E-state index contributed by atoms with van der Waals surface area (Å²) in [5, 5.41) is 0. The van der Waals surface area contributed by atoms with E-state index in [9.17, 15) is 7.67 Å². The van der Waals surface area contributed by atoms with Gasteiger partial charge in [-0.15, -0.1) is 0 Å². The van der Waals surface area contributed by atoms with Crippen LogP contribution in [0.5, 0.6) is 0 Å². The van der Waals surface area contributed by atoms with E-state index < -0.39 is 12.7 Å². The van der Waals surface area contributed by atoms with Gasteiger partial charge in [0.15, 0.2) is 0 Å². The summed E-state index contributed by atoms with van der Waals surface area (Å²) in [6, 6.07) is 15.2. The van der Waals surface area contributed by atoms with Gasteiger partial charge < -0.3 is 0 Å². The van der Waals surface area contributed by atoms with Gasteiger partial charge in [0.1, 0.15) is 0 Å². The predicted molar refractivity (Wildman–Crippen MR) is 104 cm³/mol. The quantitative estimate of drug-likeness (QED) is 0.380. The van der Waals surface area contributed by atoms with Crippen LogP contribution in [-0.2, 0) is 7.67 Å². The second-order valence-corrected chi connectivity index (χ2v) is 11.8. The molecule has 0 fully saturated rings. The second-order valence-electron chi connectivity index (χ2n) is 6.75. The fourth-order valence-corrected chi connectivity index (χ4v) is 8.14. The summed E-state index contributed by atoms with van der Waals surface area (Å²) in [6.07, 6.45) is 1.76. The molecule has 0 spiro atoms. The Kier molecular flexibility index (Phi) is 3.35. The van der Waals surface area contributed by atoms with Crippen LogP contribution in [0.3, 0.4) is 0 Å². The van der Waals surface area contributed by atoms with Crippen LogP contribution < -0.4 is 13.8 Å². The van der Waals surface area contributed by atoms with Crippen molar-refractivity contribution in [3.63, 3.8) is 0 Å². The molecule has 0 radical (unpaired) electrons. The van der Waals surface area contributed by atoms with Crippen molar-refractivity contribution in [2.75, 3.05) is 4.90 Å². The Hall–Kier alpha value is -2.14. The number of hydrogen-bond donors (Lipinski definition) is 0. The molecule has 0 aliphatic carbocycles. The van der Waals surface area contributed by atoms with Crippen LogP contribution in [0.1, 0.15) is 25.3 Å². The molecule has 0 atom stereocenters. The van der Waals surface area contributed by atoms with Gasteiger partial charge in [-0.1, -0.05) is 0 Å². The molecule has 2 aromatic carbocycles. The summed E-state index contributed by atoms with van der Waals surface area (Å²) in [6.45, 7) is 4.23. The van der Waals surface area contributed by atoms with E-state index in [0.717, 1.165) is 32.5 Å². The fraction of sp³-hybridized carbons (Fsp3) is 0.150. The van der Waals surface area contributed by atoms with Crippen LogP contribution in [0.2, 0.25) is 0 Å². The number of fused-ring (bicyclic) bond motifs is 4. The molecule has 2 aliphatic rings. The van der Waals surface area contributed by atoms with E-state index in [-0.39, 0.29) is 0 Å². The van der Waals surface area contributed by atoms with Gasteiger partial charge in [-0.05, 0) is 0 Å². The first kappa shape index (κ1) is 16.1.